The summed E-state index contributed by atoms with van der Waals surface area (Å²) >= 11 is 3.69. The molecule has 3 heterocycles. The van der Waals surface area contributed by atoms with Crippen molar-refractivity contribution in [3.8, 4) is 0 Å². The van der Waals surface area contributed by atoms with E-state index in [4.69, 9.17) is 9.84 Å². The van der Waals surface area contributed by atoms with Crippen molar-refractivity contribution in [2.24, 2.45) is 11.8 Å². The zero-order valence-corrected chi connectivity index (χ0v) is 22.2. The standard InChI is InChI=1S/C26H36BrN3O5/c1-25(2,3)29-23(33)21-26-15-17(27)20(35-26)18(22(32)28-16-11-7-6-8-12-16)19(26)24(34)30(21)13-9-4-5-10-14-31/h6-8,11-12,17-21,31H,4-5,9-10,13-15H2,1-3H3,(H,28,32)(H,29,33)/t17?,18-,19-,20-,21?,26?/m0/s1. The number of aliphatic hydroxyl groups excluding tert-OH is 1. The van der Waals surface area contributed by atoms with E-state index in [1.165, 1.54) is 0 Å². The number of hydrogen-bond donors (Lipinski definition) is 3. The lowest BCUT2D eigenvalue weighted by atomic mass is 9.70. The van der Waals surface area contributed by atoms with Crippen molar-refractivity contribution in [3.63, 3.8) is 0 Å². The quantitative estimate of drug-likeness (QED) is 0.324. The van der Waals surface area contributed by atoms with Crippen LogP contribution in [0.2, 0.25) is 0 Å². The van der Waals surface area contributed by atoms with Crippen molar-refractivity contribution in [2.45, 2.75) is 81.0 Å². The SMILES string of the molecule is CC(C)(C)NC(=O)C1N(CCCCCCO)C(=O)[C@@H]2[C@H](C(=O)Nc3ccccc3)[C@H]3OC12CC3Br. The smallest absolute Gasteiger partial charge is 0.246 e. The van der Waals surface area contributed by atoms with Gasteiger partial charge in [0.15, 0.2) is 0 Å². The lowest BCUT2D eigenvalue weighted by Gasteiger charge is -2.36. The Bertz CT molecular complexity index is 952. The molecule has 0 aromatic heterocycles. The summed E-state index contributed by atoms with van der Waals surface area (Å²) in [7, 11) is 0. The Hall–Kier alpha value is -1.97. The van der Waals surface area contributed by atoms with Crippen LogP contribution in [0.4, 0.5) is 5.69 Å². The fourth-order valence-corrected chi connectivity index (χ4v) is 6.85. The summed E-state index contributed by atoms with van der Waals surface area (Å²) < 4.78 is 6.50. The number of unbranched alkanes of at least 4 members (excludes halogenated alkanes) is 3. The number of alkyl halides is 1. The largest absolute Gasteiger partial charge is 0.396 e. The number of ether oxygens (including phenoxy) is 1. The fraction of sp³-hybridized carbons (Fsp3) is 0.654. The van der Waals surface area contributed by atoms with E-state index in [0.717, 1.165) is 19.3 Å². The van der Waals surface area contributed by atoms with Gasteiger partial charge in [-0.1, -0.05) is 47.0 Å². The summed E-state index contributed by atoms with van der Waals surface area (Å²) in [6.45, 7) is 6.29. The second kappa shape index (κ2) is 10.2. The first-order chi connectivity index (χ1) is 16.6. The van der Waals surface area contributed by atoms with Gasteiger partial charge in [-0.05, 0) is 52.2 Å². The molecule has 1 aromatic rings. The number of fused-ring (bicyclic) bond motifs is 1. The molecule has 3 N–H and O–H groups in total. The maximum Gasteiger partial charge on any atom is 0.246 e. The van der Waals surface area contributed by atoms with Gasteiger partial charge in [0.25, 0.3) is 0 Å². The van der Waals surface area contributed by atoms with Gasteiger partial charge in [-0.25, -0.2) is 0 Å². The molecule has 4 rings (SSSR count). The highest BCUT2D eigenvalue weighted by Gasteiger charge is 2.76. The predicted molar refractivity (Wildman–Crippen MR) is 136 cm³/mol. The van der Waals surface area contributed by atoms with Crippen LogP contribution < -0.4 is 10.6 Å². The van der Waals surface area contributed by atoms with Gasteiger partial charge in [0.2, 0.25) is 17.7 Å². The summed E-state index contributed by atoms with van der Waals surface area (Å²) in [5.74, 6) is -2.09. The van der Waals surface area contributed by atoms with E-state index in [1.807, 2.05) is 51.1 Å². The lowest BCUT2D eigenvalue weighted by molar-refractivity contribution is -0.142. The molecule has 3 aliphatic rings. The van der Waals surface area contributed by atoms with E-state index in [0.29, 0.717) is 25.1 Å². The van der Waals surface area contributed by atoms with Gasteiger partial charge in [0.1, 0.15) is 11.6 Å². The molecular formula is C26H36BrN3O5. The first-order valence-corrected chi connectivity index (χ1v) is 13.4. The minimum Gasteiger partial charge on any atom is -0.396 e. The van der Waals surface area contributed by atoms with Crippen molar-refractivity contribution < 1.29 is 24.2 Å². The number of benzene rings is 1. The number of carbonyl (C=O) groups is 3. The Morgan fingerprint density at radius 2 is 1.83 bits per heavy atom. The molecule has 2 bridgehead atoms. The van der Waals surface area contributed by atoms with Gasteiger partial charge in [0.05, 0.1) is 17.9 Å². The van der Waals surface area contributed by atoms with E-state index < -0.39 is 35.1 Å². The number of rotatable bonds is 9. The van der Waals surface area contributed by atoms with Crippen LogP contribution in [0, 0.1) is 11.8 Å². The summed E-state index contributed by atoms with van der Waals surface area (Å²) in [4.78, 5) is 42.5. The number of nitrogens with zero attached hydrogens (tertiary/aromatic N) is 1. The van der Waals surface area contributed by atoms with E-state index in [2.05, 4.69) is 26.6 Å². The van der Waals surface area contributed by atoms with E-state index in [9.17, 15) is 14.4 Å². The number of anilines is 1. The highest BCUT2D eigenvalue weighted by molar-refractivity contribution is 9.09. The van der Waals surface area contributed by atoms with Crippen LogP contribution in [-0.2, 0) is 19.1 Å². The summed E-state index contributed by atoms with van der Waals surface area (Å²) in [6, 6.07) is 8.37. The van der Waals surface area contributed by atoms with Gasteiger partial charge in [-0.2, -0.15) is 0 Å². The Kier molecular flexibility index (Phi) is 7.60. The van der Waals surface area contributed by atoms with Crippen LogP contribution in [0.15, 0.2) is 30.3 Å². The van der Waals surface area contributed by atoms with Crippen LogP contribution >= 0.6 is 15.9 Å². The van der Waals surface area contributed by atoms with Crippen molar-refractivity contribution >= 4 is 39.3 Å². The molecule has 192 valence electrons. The van der Waals surface area contributed by atoms with Gasteiger partial charge in [0, 0.05) is 29.2 Å². The average molecular weight is 550 g/mol. The number of carbonyl (C=O) groups excluding carboxylic acids is 3. The van der Waals surface area contributed by atoms with Crippen molar-refractivity contribution in [1.29, 1.82) is 0 Å². The molecule has 35 heavy (non-hydrogen) atoms. The summed E-state index contributed by atoms with van der Waals surface area (Å²) in [5.41, 5.74) is -0.862. The third kappa shape index (κ3) is 5.00. The third-order valence-electron chi connectivity index (χ3n) is 7.19. The van der Waals surface area contributed by atoms with Gasteiger partial charge in [-0.15, -0.1) is 0 Å². The topological polar surface area (TPSA) is 108 Å². The molecule has 8 nitrogen and oxygen atoms in total. The molecule has 3 aliphatic heterocycles. The molecule has 0 aliphatic carbocycles. The number of aliphatic hydroxyl groups is 1. The minimum absolute atomic E-state index is 0.132. The van der Waals surface area contributed by atoms with Crippen LogP contribution in [0.5, 0.6) is 0 Å². The summed E-state index contributed by atoms with van der Waals surface area (Å²) in [5, 5.41) is 15.1. The van der Waals surface area contributed by atoms with Crippen molar-refractivity contribution in [2.75, 3.05) is 18.5 Å². The molecule has 3 amide bonds. The monoisotopic (exact) mass is 549 g/mol. The van der Waals surface area contributed by atoms with Crippen molar-refractivity contribution in [3.05, 3.63) is 30.3 Å². The first-order valence-electron chi connectivity index (χ1n) is 12.5. The van der Waals surface area contributed by atoms with Crippen LogP contribution in [-0.4, -0.2) is 69.0 Å². The highest BCUT2D eigenvalue weighted by atomic mass is 79.9. The molecular weight excluding hydrogens is 514 g/mol. The fourth-order valence-electron chi connectivity index (χ4n) is 5.90. The molecule has 0 radical (unpaired) electrons. The van der Waals surface area contributed by atoms with Crippen LogP contribution in [0.25, 0.3) is 0 Å². The lowest BCUT2D eigenvalue weighted by Crippen LogP contribution is -2.58. The summed E-state index contributed by atoms with van der Waals surface area (Å²) in [6.07, 6.45) is 3.15. The number of hydrogen-bond acceptors (Lipinski definition) is 5. The number of nitrogens with one attached hydrogen (secondary N) is 2. The predicted octanol–water partition coefficient (Wildman–Crippen LogP) is 2.84. The van der Waals surface area contributed by atoms with Gasteiger partial charge in [-0.3, -0.25) is 14.4 Å². The Morgan fingerprint density at radius 3 is 2.49 bits per heavy atom. The molecule has 1 aromatic carbocycles. The zero-order valence-electron chi connectivity index (χ0n) is 20.6. The number of halogens is 1. The minimum atomic E-state index is -1.05. The van der Waals surface area contributed by atoms with Gasteiger partial charge >= 0.3 is 0 Å². The molecule has 3 saturated heterocycles. The van der Waals surface area contributed by atoms with Crippen molar-refractivity contribution in [1.82, 2.24) is 10.2 Å². The number of likely N-dealkylation sites (tertiary alicyclic amines) is 1. The van der Waals surface area contributed by atoms with E-state index in [1.54, 1.807) is 4.90 Å². The maximum atomic E-state index is 13.9. The maximum absolute atomic E-state index is 13.9. The number of amides is 3. The van der Waals surface area contributed by atoms with E-state index in [-0.39, 0.29) is 29.2 Å². The van der Waals surface area contributed by atoms with Gasteiger partial charge < -0.3 is 25.4 Å². The van der Waals surface area contributed by atoms with Crippen LogP contribution in [0.3, 0.4) is 0 Å². The molecule has 0 saturated carbocycles. The molecule has 9 heteroatoms. The Balaban J connectivity index is 1.63. The Morgan fingerprint density at radius 1 is 1.14 bits per heavy atom. The molecule has 3 unspecified atom stereocenters. The third-order valence-corrected chi connectivity index (χ3v) is 8.03. The zero-order chi connectivity index (χ0) is 25.4. The normalized spacial score (nSPS) is 31.5. The van der Waals surface area contributed by atoms with E-state index >= 15 is 0 Å². The number of para-hydroxylation sites is 1. The second-order valence-corrected chi connectivity index (χ2v) is 12.1. The molecule has 6 atom stereocenters. The van der Waals surface area contributed by atoms with Crippen LogP contribution in [0.1, 0.15) is 52.9 Å². The average Bonchev–Trinajstić information content (AvgIpc) is 3.36. The molecule has 3 fully saturated rings. The Labute approximate surface area is 215 Å². The molecule has 1 spiro atoms. The highest BCUT2D eigenvalue weighted by Crippen LogP contribution is 2.60. The second-order valence-electron chi connectivity index (χ2n) is 10.9. The first kappa shape index (κ1) is 26.1.